The molecule has 0 aliphatic rings. The van der Waals surface area contributed by atoms with Crippen LogP contribution in [0.4, 0.5) is 5.69 Å². The number of carbonyl (C=O) groups excluding carboxylic acids is 1. The molecule has 2 atom stereocenters. The van der Waals surface area contributed by atoms with Gasteiger partial charge in [0.05, 0.1) is 20.3 Å². The van der Waals surface area contributed by atoms with Crippen molar-refractivity contribution in [2.45, 2.75) is 18.4 Å². The summed E-state index contributed by atoms with van der Waals surface area (Å²) in [7, 11) is 5.12. The maximum Gasteiger partial charge on any atom is 0.120 e. The number of nitrogens with zero attached hydrogens (tertiary/aromatic N) is 2. The predicted octanol–water partition coefficient (Wildman–Crippen LogP) is 3.65. The Balaban J connectivity index is 2.34. The number of hydrogen-bond donors (Lipinski definition) is 0. The third-order valence-electron chi connectivity index (χ3n) is 4.60. The van der Waals surface area contributed by atoms with Gasteiger partial charge in [0.2, 0.25) is 0 Å². The summed E-state index contributed by atoms with van der Waals surface area (Å²) in [5.41, 5.74) is 1.88. The number of hydrogen-bond acceptors (Lipinski definition) is 6. The fraction of sp³-hybridized carbons (Fsp3) is 0.350. The van der Waals surface area contributed by atoms with Gasteiger partial charge in [-0.15, -0.1) is 0 Å². The normalized spacial score (nSPS) is 12.7. The van der Waals surface area contributed by atoms with Crippen LogP contribution in [-0.2, 0) is 4.79 Å². The average Bonchev–Trinajstić information content (AvgIpc) is 2.70. The Morgan fingerprint density at radius 2 is 1.54 bits per heavy atom. The van der Waals surface area contributed by atoms with E-state index in [1.54, 1.807) is 14.2 Å². The van der Waals surface area contributed by atoms with Crippen LogP contribution < -0.4 is 14.4 Å². The number of rotatable bonds is 10. The molecular weight excluding hydrogens is 332 g/mol. The molecule has 0 bridgehead atoms. The fourth-order valence-electron chi connectivity index (χ4n) is 3.07. The molecular formula is C20H24N2O4. The van der Waals surface area contributed by atoms with E-state index in [-0.39, 0.29) is 18.5 Å². The summed E-state index contributed by atoms with van der Waals surface area (Å²) < 4.78 is 10.4. The van der Waals surface area contributed by atoms with Crippen LogP contribution in [0.5, 0.6) is 11.5 Å². The monoisotopic (exact) mass is 356 g/mol. The number of methoxy groups -OCH3 is 2. The first-order chi connectivity index (χ1) is 12.6. The standard InChI is InChI=1S/C20H24N2O4/c1-22(16-6-10-18(26-3)11-7-16)20(14-21-24)19(12-13-23)15-4-8-17(25-2)9-5-15/h4-11,13,19-20H,12,14H2,1-3H3/t19?,20-/m0/s1. The van der Waals surface area contributed by atoms with Gasteiger partial charge in [-0.3, -0.25) is 0 Å². The first-order valence-electron chi connectivity index (χ1n) is 8.38. The van der Waals surface area contributed by atoms with E-state index in [9.17, 15) is 9.70 Å². The van der Waals surface area contributed by atoms with Crippen molar-refractivity contribution in [3.8, 4) is 11.5 Å². The minimum atomic E-state index is -0.250. The van der Waals surface area contributed by atoms with E-state index in [1.165, 1.54) is 0 Å². The van der Waals surface area contributed by atoms with Gasteiger partial charge in [-0.2, -0.15) is 4.91 Å². The quantitative estimate of drug-likeness (QED) is 0.480. The van der Waals surface area contributed by atoms with Gasteiger partial charge in [0, 0.05) is 25.1 Å². The van der Waals surface area contributed by atoms with E-state index in [2.05, 4.69) is 5.18 Å². The fourth-order valence-corrected chi connectivity index (χ4v) is 3.07. The smallest absolute Gasteiger partial charge is 0.120 e. The van der Waals surface area contributed by atoms with Gasteiger partial charge in [0.15, 0.2) is 0 Å². The van der Waals surface area contributed by atoms with Crippen LogP contribution in [0.15, 0.2) is 53.7 Å². The highest BCUT2D eigenvalue weighted by Gasteiger charge is 2.27. The molecule has 0 radical (unpaired) electrons. The van der Waals surface area contributed by atoms with Crippen molar-refractivity contribution in [2.24, 2.45) is 5.18 Å². The molecule has 6 heteroatoms. The Kier molecular flexibility index (Phi) is 7.14. The molecule has 0 aromatic heterocycles. The Hall–Kier alpha value is -2.89. The number of likely N-dealkylation sites (N-methyl/N-ethyl adjacent to an activating group) is 1. The third kappa shape index (κ3) is 4.59. The molecule has 0 saturated carbocycles. The number of aldehydes is 1. The van der Waals surface area contributed by atoms with Crippen LogP contribution in [0.2, 0.25) is 0 Å². The maximum atomic E-state index is 11.3. The van der Waals surface area contributed by atoms with Crippen molar-refractivity contribution in [1.29, 1.82) is 0 Å². The van der Waals surface area contributed by atoms with Crippen molar-refractivity contribution < 1.29 is 14.3 Å². The molecule has 138 valence electrons. The van der Waals surface area contributed by atoms with Crippen molar-refractivity contribution >= 4 is 12.0 Å². The Morgan fingerprint density at radius 3 is 2.00 bits per heavy atom. The van der Waals surface area contributed by atoms with Gasteiger partial charge in [0.1, 0.15) is 24.3 Å². The lowest BCUT2D eigenvalue weighted by Crippen LogP contribution is -2.39. The van der Waals surface area contributed by atoms with Gasteiger partial charge in [-0.05, 0) is 42.0 Å². The molecule has 0 saturated heterocycles. The second kappa shape index (κ2) is 9.56. The number of carbonyl (C=O) groups is 1. The van der Waals surface area contributed by atoms with E-state index in [4.69, 9.17) is 9.47 Å². The van der Waals surface area contributed by atoms with Gasteiger partial charge in [-0.1, -0.05) is 17.3 Å². The summed E-state index contributed by atoms with van der Waals surface area (Å²) in [4.78, 5) is 24.4. The van der Waals surface area contributed by atoms with E-state index in [1.807, 2.05) is 60.5 Å². The van der Waals surface area contributed by atoms with Crippen LogP contribution in [-0.4, -0.2) is 40.1 Å². The van der Waals surface area contributed by atoms with Crippen LogP contribution in [0.1, 0.15) is 17.9 Å². The molecule has 0 spiro atoms. The zero-order chi connectivity index (χ0) is 18.9. The second-order valence-electron chi connectivity index (χ2n) is 5.97. The van der Waals surface area contributed by atoms with Gasteiger partial charge >= 0.3 is 0 Å². The average molecular weight is 356 g/mol. The lowest BCUT2D eigenvalue weighted by molar-refractivity contribution is -0.108. The molecule has 0 N–H and O–H groups in total. The molecule has 6 nitrogen and oxygen atoms in total. The summed E-state index contributed by atoms with van der Waals surface area (Å²) in [5, 5.41) is 3.12. The number of anilines is 1. The van der Waals surface area contributed by atoms with Gasteiger partial charge < -0.3 is 19.2 Å². The zero-order valence-corrected chi connectivity index (χ0v) is 15.3. The topological polar surface area (TPSA) is 68.2 Å². The molecule has 2 rings (SSSR count). The Morgan fingerprint density at radius 1 is 1.00 bits per heavy atom. The second-order valence-corrected chi connectivity index (χ2v) is 5.97. The summed E-state index contributed by atoms with van der Waals surface area (Å²) in [6.45, 7) is 0.0765. The lowest BCUT2D eigenvalue weighted by Gasteiger charge is -2.34. The SMILES string of the molecule is COc1ccc(C(CC=O)[C@H](CN=O)N(C)c2ccc(OC)cc2)cc1. The van der Waals surface area contributed by atoms with Crippen molar-refractivity contribution in [1.82, 2.24) is 0 Å². The molecule has 2 aromatic rings. The van der Waals surface area contributed by atoms with E-state index >= 15 is 0 Å². The largest absolute Gasteiger partial charge is 0.497 e. The van der Waals surface area contributed by atoms with Gasteiger partial charge in [-0.25, -0.2) is 0 Å². The molecule has 1 unspecified atom stereocenters. The van der Waals surface area contributed by atoms with Gasteiger partial charge in [0.25, 0.3) is 0 Å². The molecule has 2 aromatic carbocycles. The molecule has 0 heterocycles. The summed E-state index contributed by atoms with van der Waals surface area (Å²) in [6.07, 6.45) is 1.18. The van der Waals surface area contributed by atoms with E-state index < -0.39 is 0 Å². The van der Waals surface area contributed by atoms with Crippen molar-refractivity contribution in [3.05, 3.63) is 59.0 Å². The van der Waals surface area contributed by atoms with Crippen molar-refractivity contribution in [3.63, 3.8) is 0 Å². The van der Waals surface area contributed by atoms with Crippen molar-refractivity contribution in [2.75, 3.05) is 32.7 Å². The molecule has 0 amide bonds. The first kappa shape index (κ1) is 19.4. The van der Waals surface area contributed by atoms with Crippen LogP contribution in [0, 0.1) is 4.91 Å². The Bertz CT molecular complexity index is 701. The highest BCUT2D eigenvalue weighted by atomic mass is 16.5. The summed E-state index contributed by atoms with van der Waals surface area (Å²) >= 11 is 0. The third-order valence-corrected chi connectivity index (χ3v) is 4.60. The minimum Gasteiger partial charge on any atom is -0.497 e. The highest BCUT2D eigenvalue weighted by Crippen LogP contribution is 2.31. The Labute approximate surface area is 153 Å². The predicted molar refractivity (Wildman–Crippen MR) is 102 cm³/mol. The first-order valence-corrected chi connectivity index (χ1v) is 8.38. The lowest BCUT2D eigenvalue weighted by atomic mass is 9.87. The zero-order valence-electron chi connectivity index (χ0n) is 15.3. The number of ether oxygens (including phenoxy) is 2. The summed E-state index contributed by atoms with van der Waals surface area (Å²) in [5.74, 6) is 1.34. The molecule has 26 heavy (non-hydrogen) atoms. The summed E-state index contributed by atoms with van der Waals surface area (Å²) in [6, 6.07) is 14.9. The molecule has 0 aliphatic carbocycles. The molecule has 0 aliphatic heterocycles. The number of nitroso groups, excluding NO2 is 1. The maximum absolute atomic E-state index is 11.3. The molecule has 0 fully saturated rings. The van der Waals surface area contributed by atoms with E-state index in [0.29, 0.717) is 6.42 Å². The highest BCUT2D eigenvalue weighted by molar-refractivity contribution is 5.55. The van der Waals surface area contributed by atoms with E-state index in [0.717, 1.165) is 29.0 Å². The van der Waals surface area contributed by atoms with Crippen LogP contribution in [0.25, 0.3) is 0 Å². The number of benzene rings is 2. The minimum absolute atomic E-state index is 0.0765. The van der Waals surface area contributed by atoms with Crippen LogP contribution >= 0.6 is 0 Å². The van der Waals surface area contributed by atoms with Crippen LogP contribution in [0.3, 0.4) is 0 Å².